The lowest BCUT2D eigenvalue weighted by molar-refractivity contribution is 0.197. The third kappa shape index (κ3) is 1.15. The third-order valence-corrected chi connectivity index (χ3v) is 4.74. The first kappa shape index (κ1) is 8.25. The van der Waals surface area contributed by atoms with Crippen LogP contribution in [0.5, 0.6) is 0 Å². The van der Waals surface area contributed by atoms with Gasteiger partial charge in [-0.05, 0) is 49.4 Å². The molecule has 3 N–H and O–H groups in total. The lowest BCUT2D eigenvalue weighted by atomic mass is 9.77. The maximum Gasteiger partial charge on any atom is 0.0272 e. The van der Waals surface area contributed by atoms with E-state index in [9.17, 15) is 0 Å². The van der Waals surface area contributed by atoms with Gasteiger partial charge in [0.05, 0.1) is 0 Å². The molecule has 0 amide bonds. The van der Waals surface area contributed by atoms with Gasteiger partial charge in [0.2, 0.25) is 0 Å². The number of nitrogens with one attached hydrogen (secondary N) is 1. The highest BCUT2D eigenvalue weighted by molar-refractivity contribution is 5.08. The van der Waals surface area contributed by atoms with Gasteiger partial charge in [-0.3, -0.25) is 11.3 Å². The Balaban J connectivity index is 1.63. The highest BCUT2D eigenvalue weighted by Gasteiger charge is 2.57. The standard InChI is InChI=1S/C11H20N2/c12-13-11(7-3-1-4-7)10-8-5-2-6-9(8)10/h7-11,13H,1-6,12H2. The van der Waals surface area contributed by atoms with E-state index < -0.39 is 0 Å². The molecule has 2 nitrogen and oxygen atoms in total. The van der Waals surface area contributed by atoms with Crippen LogP contribution < -0.4 is 11.3 Å². The van der Waals surface area contributed by atoms with Crippen LogP contribution in [0.2, 0.25) is 0 Å². The topological polar surface area (TPSA) is 38.0 Å². The van der Waals surface area contributed by atoms with Crippen LogP contribution in [0.4, 0.5) is 0 Å². The van der Waals surface area contributed by atoms with Gasteiger partial charge in [0, 0.05) is 6.04 Å². The van der Waals surface area contributed by atoms with Crippen LogP contribution in [0.15, 0.2) is 0 Å². The minimum absolute atomic E-state index is 0.670. The molecule has 0 spiro atoms. The van der Waals surface area contributed by atoms with Crippen LogP contribution >= 0.6 is 0 Å². The Bertz CT molecular complexity index is 190. The highest BCUT2D eigenvalue weighted by atomic mass is 15.2. The third-order valence-electron chi connectivity index (χ3n) is 4.74. The molecule has 3 saturated carbocycles. The maximum atomic E-state index is 5.68. The molecule has 0 aromatic heterocycles. The van der Waals surface area contributed by atoms with E-state index in [1.807, 2.05) is 0 Å². The van der Waals surface area contributed by atoms with Crippen molar-refractivity contribution >= 4 is 0 Å². The van der Waals surface area contributed by atoms with Gasteiger partial charge < -0.3 is 0 Å². The van der Waals surface area contributed by atoms with Crippen molar-refractivity contribution in [3.63, 3.8) is 0 Å². The van der Waals surface area contributed by atoms with E-state index in [2.05, 4.69) is 5.43 Å². The van der Waals surface area contributed by atoms with E-state index in [0.29, 0.717) is 6.04 Å². The fourth-order valence-corrected chi connectivity index (χ4v) is 3.77. The van der Waals surface area contributed by atoms with E-state index in [0.717, 1.165) is 23.7 Å². The predicted octanol–water partition coefficient (Wildman–Crippen LogP) is 1.66. The molecule has 0 heterocycles. The summed E-state index contributed by atoms with van der Waals surface area (Å²) in [6.45, 7) is 0. The lowest BCUT2D eigenvalue weighted by Crippen LogP contribution is -2.45. The Morgan fingerprint density at radius 3 is 2.08 bits per heavy atom. The van der Waals surface area contributed by atoms with E-state index in [1.165, 1.54) is 38.5 Å². The molecule has 0 aromatic carbocycles. The molecule has 0 bridgehead atoms. The Kier molecular flexibility index (Phi) is 1.88. The molecular formula is C11H20N2. The van der Waals surface area contributed by atoms with Gasteiger partial charge >= 0.3 is 0 Å². The molecule has 3 fully saturated rings. The molecule has 0 aliphatic heterocycles. The first-order valence-corrected chi connectivity index (χ1v) is 5.88. The summed E-state index contributed by atoms with van der Waals surface area (Å²) in [5.74, 6) is 9.67. The monoisotopic (exact) mass is 180 g/mol. The first-order valence-electron chi connectivity index (χ1n) is 5.88. The summed E-state index contributed by atoms with van der Waals surface area (Å²) in [6, 6.07) is 0.670. The number of rotatable bonds is 3. The zero-order chi connectivity index (χ0) is 8.84. The van der Waals surface area contributed by atoms with Crippen molar-refractivity contribution in [1.82, 2.24) is 5.43 Å². The van der Waals surface area contributed by atoms with Crippen molar-refractivity contribution in [3.05, 3.63) is 0 Å². The van der Waals surface area contributed by atoms with Crippen molar-refractivity contribution < 1.29 is 0 Å². The van der Waals surface area contributed by atoms with Gasteiger partial charge in [-0.1, -0.05) is 12.8 Å². The van der Waals surface area contributed by atoms with Crippen LogP contribution in [0.1, 0.15) is 38.5 Å². The second-order valence-corrected chi connectivity index (χ2v) is 5.22. The van der Waals surface area contributed by atoms with Crippen LogP contribution in [-0.2, 0) is 0 Å². The van der Waals surface area contributed by atoms with Crippen LogP contribution in [0, 0.1) is 23.7 Å². The zero-order valence-electron chi connectivity index (χ0n) is 8.21. The lowest BCUT2D eigenvalue weighted by Gasteiger charge is -2.34. The van der Waals surface area contributed by atoms with Gasteiger partial charge in [-0.2, -0.15) is 0 Å². The summed E-state index contributed by atoms with van der Waals surface area (Å²) in [7, 11) is 0. The highest BCUT2D eigenvalue weighted by Crippen LogP contribution is 2.60. The van der Waals surface area contributed by atoms with E-state index in [-0.39, 0.29) is 0 Å². The first-order chi connectivity index (χ1) is 6.42. The van der Waals surface area contributed by atoms with Crippen LogP contribution in [0.3, 0.4) is 0 Å². The minimum Gasteiger partial charge on any atom is -0.271 e. The van der Waals surface area contributed by atoms with Crippen molar-refractivity contribution in [2.75, 3.05) is 0 Å². The number of hydrazine groups is 1. The zero-order valence-corrected chi connectivity index (χ0v) is 8.21. The Morgan fingerprint density at radius 2 is 1.62 bits per heavy atom. The average molecular weight is 180 g/mol. The van der Waals surface area contributed by atoms with E-state index in [1.54, 1.807) is 0 Å². The van der Waals surface area contributed by atoms with Gasteiger partial charge in [0.1, 0.15) is 0 Å². The quantitative estimate of drug-likeness (QED) is 0.512. The fourth-order valence-electron chi connectivity index (χ4n) is 3.77. The molecule has 3 unspecified atom stereocenters. The molecule has 3 aliphatic rings. The predicted molar refractivity (Wildman–Crippen MR) is 52.8 cm³/mol. The minimum atomic E-state index is 0.670. The molecule has 0 radical (unpaired) electrons. The molecule has 3 aliphatic carbocycles. The second-order valence-electron chi connectivity index (χ2n) is 5.22. The molecule has 3 rings (SSSR count). The summed E-state index contributed by atoms with van der Waals surface area (Å²) in [5, 5.41) is 0. The Labute approximate surface area is 80.2 Å². The van der Waals surface area contributed by atoms with Crippen molar-refractivity contribution in [2.24, 2.45) is 29.5 Å². The number of fused-ring (bicyclic) bond motifs is 1. The maximum absolute atomic E-state index is 5.68. The van der Waals surface area contributed by atoms with Crippen LogP contribution in [-0.4, -0.2) is 6.04 Å². The van der Waals surface area contributed by atoms with Crippen LogP contribution in [0.25, 0.3) is 0 Å². The van der Waals surface area contributed by atoms with E-state index in [4.69, 9.17) is 5.84 Å². The molecular weight excluding hydrogens is 160 g/mol. The smallest absolute Gasteiger partial charge is 0.0272 e. The molecule has 74 valence electrons. The second kappa shape index (κ2) is 2.96. The summed E-state index contributed by atoms with van der Waals surface area (Å²) < 4.78 is 0. The fraction of sp³-hybridized carbons (Fsp3) is 1.00. The molecule has 3 atom stereocenters. The molecule has 2 heteroatoms. The Hall–Kier alpha value is -0.0800. The summed E-state index contributed by atoms with van der Waals surface area (Å²) >= 11 is 0. The average Bonchev–Trinajstić information content (AvgIpc) is 2.56. The van der Waals surface area contributed by atoms with Gasteiger partial charge in [-0.15, -0.1) is 0 Å². The van der Waals surface area contributed by atoms with Gasteiger partial charge in [-0.25, -0.2) is 0 Å². The van der Waals surface area contributed by atoms with Gasteiger partial charge in [0.15, 0.2) is 0 Å². The number of hydrogen-bond acceptors (Lipinski definition) is 2. The molecule has 0 saturated heterocycles. The van der Waals surface area contributed by atoms with E-state index >= 15 is 0 Å². The molecule has 0 aromatic rings. The SMILES string of the molecule is NNC(C1CCC1)C1C2CCCC21. The number of nitrogens with two attached hydrogens (primary N) is 1. The Morgan fingerprint density at radius 1 is 1.00 bits per heavy atom. The summed E-state index contributed by atoms with van der Waals surface area (Å²) in [4.78, 5) is 0. The largest absolute Gasteiger partial charge is 0.271 e. The normalized spacial score (nSPS) is 45.5. The van der Waals surface area contributed by atoms with Crippen molar-refractivity contribution in [3.8, 4) is 0 Å². The van der Waals surface area contributed by atoms with Crippen molar-refractivity contribution in [1.29, 1.82) is 0 Å². The molecule has 13 heavy (non-hydrogen) atoms. The van der Waals surface area contributed by atoms with Crippen molar-refractivity contribution in [2.45, 2.75) is 44.6 Å². The number of hydrogen-bond donors (Lipinski definition) is 2. The summed E-state index contributed by atoms with van der Waals surface area (Å²) in [5.41, 5.74) is 3.09. The van der Waals surface area contributed by atoms with Gasteiger partial charge in [0.25, 0.3) is 0 Å². The summed E-state index contributed by atoms with van der Waals surface area (Å²) in [6.07, 6.45) is 8.73.